The molecule has 0 radical (unpaired) electrons. The number of hydrogen-bond acceptors (Lipinski definition) is 7. The molecule has 0 aromatic carbocycles. The van der Waals surface area contributed by atoms with Gasteiger partial charge in [0.25, 0.3) is 0 Å². The van der Waals surface area contributed by atoms with Crippen molar-refractivity contribution in [2.24, 2.45) is 5.41 Å². The highest BCUT2D eigenvalue weighted by atomic mass is 16.5. The molecule has 8 heteroatoms. The molecule has 0 amide bonds. The second-order valence-corrected chi connectivity index (χ2v) is 10.1. The fourth-order valence-electron chi connectivity index (χ4n) is 3.77. The first-order valence-corrected chi connectivity index (χ1v) is 14.3. The number of unbranched alkanes of at least 4 members (excludes halogenated alkanes) is 12. The Hall–Kier alpha value is -1.93. The zero-order valence-electron chi connectivity index (χ0n) is 23.1. The molecule has 3 N–H and O–H groups in total. The molecule has 0 saturated heterocycles. The van der Waals surface area contributed by atoms with E-state index < -0.39 is 36.5 Å². The summed E-state index contributed by atoms with van der Waals surface area (Å²) in [5.74, 6) is -1.86. The van der Waals surface area contributed by atoms with E-state index in [2.05, 4.69) is 19.1 Å². The summed E-state index contributed by atoms with van der Waals surface area (Å²) in [6.07, 6.45) is 20.9. The summed E-state index contributed by atoms with van der Waals surface area (Å²) in [6, 6.07) is 0. The molecule has 0 aromatic heterocycles. The van der Waals surface area contributed by atoms with Gasteiger partial charge in [0.2, 0.25) is 0 Å². The van der Waals surface area contributed by atoms with Crippen molar-refractivity contribution in [3.63, 3.8) is 0 Å². The molecule has 0 heterocycles. The quantitative estimate of drug-likeness (QED) is 0.0737. The van der Waals surface area contributed by atoms with Crippen molar-refractivity contribution in [1.82, 2.24) is 0 Å². The van der Waals surface area contributed by atoms with Gasteiger partial charge in [-0.3, -0.25) is 14.4 Å². The lowest BCUT2D eigenvalue weighted by Gasteiger charge is -2.28. The first-order chi connectivity index (χ1) is 17.9. The number of carboxylic acid groups (broad SMARTS) is 1. The topological polar surface area (TPSA) is 130 Å². The number of allylic oxidation sites excluding steroid dienone is 2. The standard InChI is InChI=1S/C29H52O8/c1-2-3-4-5-6-7-8-9-10-11-12-13-14-15-16-20-27(34)36-24-29(22-30,23-31)25-37-28(35)21-18-17-19-26(32)33/h9-10,30-31H,2-8,11-25H2,1H3,(H,32,33). The number of esters is 2. The highest BCUT2D eigenvalue weighted by Gasteiger charge is 2.32. The van der Waals surface area contributed by atoms with Gasteiger partial charge in [-0.25, -0.2) is 0 Å². The normalized spacial score (nSPS) is 11.6. The van der Waals surface area contributed by atoms with Gasteiger partial charge in [0, 0.05) is 19.3 Å². The summed E-state index contributed by atoms with van der Waals surface area (Å²) >= 11 is 0. The Bertz CT molecular complexity index is 613. The van der Waals surface area contributed by atoms with Gasteiger partial charge < -0.3 is 24.8 Å². The van der Waals surface area contributed by atoms with Crippen LogP contribution < -0.4 is 0 Å². The second kappa shape index (κ2) is 24.4. The van der Waals surface area contributed by atoms with Gasteiger partial charge in [-0.15, -0.1) is 0 Å². The first kappa shape index (κ1) is 35.1. The minimum Gasteiger partial charge on any atom is -0.481 e. The zero-order chi connectivity index (χ0) is 27.6. The molecule has 8 nitrogen and oxygen atoms in total. The third kappa shape index (κ3) is 21.8. The van der Waals surface area contributed by atoms with E-state index in [1.165, 1.54) is 44.9 Å². The predicted molar refractivity (Wildman–Crippen MR) is 144 cm³/mol. The maximum atomic E-state index is 12.1. The Morgan fingerprint density at radius 1 is 0.622 bits per heavy atom. The molecular weight excluding hydrogens is 476 g/mol. The van der Waals surface area contributed by atoms with Crippen LogP contribution in [-0.2, 0) is 23.9 Å². The van der Waals surface area contributed by atoms with Crippen LogP contribution in [0, 0.1) is 5.41 Å². The number of rotatable bonds is 26. The van der Waals surface area contributed by atoms with Crippen LogP contribution >= 0.6 is 0 Å². The molecule has 0 saturated carbocycles. The number of ether oxygens (including phenoxy) is 2. The SMILES string of the molecule is CCCCCCCCC=CCCCCCCCC(=O)OCC(CO)(CO)COC(=O)CCCCC(=O)O. The second-order valence-electron chi connectivity index (χ2n) is 10.1. The van der Waals surface area contributed by atoms with E-state index in [-0.39, 0.29) is 32.5 Å². The van der Waals surface area contributed by atoms with E-state index in [0.29, 0.717) is 12.8 Å². The Labute approximate surface area is 223 Å². The summed E-state index contributed by atoms with van der Waals surface area (Å²) in [5, 5.41) is 28.0. The molecule has 37 heavy (non-hydrogen) atoms. The molecular formula is C29H52O8. The third-order valence-electron chi connectivity index (χ3n) is 6.41. The molecule has 0 spiro atoms. The maximum absolute atomic E-state index is 12.1. The van der Waals surface area contributed by atoms with Crippen molar-refractivity contribution < 1.29 is 39.2 Å². The van der Waals surface area contributed by atoms with Gasteiger partial charge >= 0.3 is 17.9 Å². The van der Waals surface area contributed by atoms with Crippen molar-refractivity contribution in [2.75, 3.05) is 26.4 Å². The molecule has 0 fully saturated rings. The lowest BCUT2D eigenvalue weighted by Crippen LogP contribution is -2.41. The Morgan fingerprint density at radius 2 is 1.03 bits per heavy atom. The fraction of sp³-hybridized carbons (Fsp3) is 0.828. The molecule has 0 aliphatic heterocycles. The molecule has 216 valence electrons. The van der Waals surface area contributed by atoms with Crippen LogP contribution in [0.25, 0.3) is 0 Å². The highest BCUT2D eigenvalue weighted by Crippen LogP contribution is 2.19. The van der Waals surface area contributed by atoms with Gasteiger partial charge in [0.1, 0.15) is 13.2 Å². The number of carbonyl (C=O) groups is 3. The van der Waals surface area contributed by atoms with Crippen LogP contribution in [0.15, 0.2) is 12.2 Å². The van der Waals surface area contributed by atoms with Crippen LogP contribution in [0.1, 0.15) is 122 Å². The van der Waals surface area contributed by atoms with Crippen molar-refractivity contribution in [2.45, 2.75) is 122 Å². The van der Waals surface area contributed by atoms with E-state index in [1.807, 2.05) is 0 Å². The average Bonchev–Trinajstić information content (AvgIpc) is 2.89. The van der Waals surface area contributed by atoms with Crippen molar-refractivity contribution in [3.8, 4) is 0 Å². The van der Waals surface area contributed by atoms with Crippen molar-refractivity contribution in [1.29, 1.82) is 0 Å². The molecule has 0 aliphatic carbocycles. The van der Waals surface area contributed by atoms with E-state index in [4.69, 9.17) is 14.6 Å². The van der Waals surface area contributed by atoms with Crippen molar-refractivity contribution >= 4 is 17.9 Å². The number of carboxylic acids is 1. The molecule has 0 rings (SSSR count). The summed E-state index contributed by atoms with van der Waals surface area (Å²) in [7, 11) is 0. The molecule has 0 aliphatic rings. The van der Waals surface area contributed by atoms with Gasteiger partial charge in [-0.2, -0.15) is 0 Å². The van der Waals surface area contributed by atoms with Gasteiger partial charge in [0.15, 0.2) is 0 Å². The third-order valence-corrected chi connectivity index (χ3v) is 6.41. The zero-order valence-corrected chi connectivity index (χ0v) is 23.1. The molecule has 0 aromatic rings. The number of carbonyl (C=O) groups excluding carboxylic acids is 2. The van der Waals surface area contributed by atoms with E-state index in [1.54, 1.807) is 0 Å². The van der Waals surface area contributed by atoms with E-state index in [9.17, 15) is 24.6 Å². The predicted octanol–water partition coefficient (Wildman–Crippen LogP) is 5.73. The van der Waals surface area contributed by atoms with Crippen LogP contribution in [0.4, 0.5) is 0 Å². The fourth-order valence-corrected chi connectivity index (χ4v) is 3.77. The summed E-state index contributed by atoms with van der Waals surface area (Å²) in [4.78, 5) is 34.4. The van der Waals surface area contributed by atoms with Gasteiger partial charge in [-0.1, -0.05) is 70.4 Å². The summed E-state index contributed by atoms with van der Waals surface area (Å²) in [6.45, 7) is 0.714. The number of aliphatic hydroxyl groups excluding tert-OH is 2. The summed E-state index contributed by atoms with van der Waals surface area (Å²) < 4.78 is 10.4. The largest absolute Gasteiger partial charge is 0.481 e. The average molecular weight is 529 g/mol. The lowest BCUT2D eigenvalue weighted by atomic mass is 9.92. The van der Waals surface area contributed by atoms with Crippen molar-refractivity contribution in [3.05, 3.63) is 12.2 Å². The Morgan fingerprint density at radius 3 is 1.49 bits per heavy atom. The Balaban J connectivity index is 3.85. The van der Waals surface area contributed by atoms with Gasteiger partial charge in [-0.05, 0) is 44.9 Å². The van der Waals surface area contributed by atoms with E-state index in [0.717, 1.165) is 38.5 Å². The van der Waals surface area contributed by atoms with Crippen LogP contribution in [0.5, 0.6) is 0 Å². The Kier molecular flexibility index (Phi) is 23.1. The number of aliphatic hydroxyl groups is 2. The van der Waals surface area contributed by atoms with Crippen LogP contribution in [0.3, 0.4) is 0 Å². The molecule has 0 unspecified atom stereocenters. The monoisotopic (exact) mass is 528 g/mol. The number of aliphatic carboxylic acids is 1. The first-order valence-electron chi connectivity index (χ1n) is 14.3. The smallest absolute Gasteiger partial charge is 0.305 e. The van der Waals surface area contributed by atoms with Crippen LogP contribution in [-0.4, -0.2) is 59.7 Å². The number of hydrogen-bond donors (Lipinski definition) is 3. The van der Waals surface area contributed by atoms with Crippen LogP contribution in [0.2, 0.25) is 0 Å². The van der Waals surface area contributed by atoms with E-state index >= 15 is 0 Å². The molecule has 0 atom stereocenters. The minimum atomic E-state index is -1.26. The van der Waals surface area contributed by atoms with Gasteiger partial charge in [0.05, 0.1) is 18.6 Å². The minimum absolute atomic E-state index is 0.0167. The summed E-state index contributed by atoms with van der Waals surface area (Å²) in [5.41, 5.74) is -1.26. The maximum Gasteiger partial charge on any atom is 0.305 e. The molecule has 0 bridgehead atoms. The lowest BCUT2D eigenvalue weighted by molar-refractivity contribution is -0.159. The highest BCUT2D eigenvalue weighted by molar-refractivity contribution is 5.70.